The molecule has 0 aliphatic rings. The lowest BCUT2D eigenvalue weighted by atomic mass is 9.98. The molecule has 2 aromatic carbocycles. The average molecular weight is 425 g/mol. The molecule has 0 radical (unpaired) electrons. The number of halogens is 1. The number of allylic oxidation sites excluding steroid dienone is 2. The number of anilines is 2. The first-order valence-electron chi connectivity index (χ1n) is 8.50. The molecule has 0 aliphatic heterocycles. The lowest BCUT2D eigenvalue weighted by Crippen LogP contribution is -2.06. The Balaban J connectivity index is 1.94. The molecule has 1 heterocycles. The van der Waals surface area contributed by atoms with Crippen LogP contribution in [0.15, 0.2) is 65.3 Å². The van der Waals surface area contributed by atoms with E-state index in [-0.39, 0.29) is 5.78 Å². The lowest BCUT2D eigenvalue weighted by molar-refractivity contribution is -0.111. The van der Waals surface area contributed by atoms with Crippen molar-refractivity contribution in [3.63, 3.8) is 0 Å². The van der Waals surface area contributed by atoms with E-state index in [1.54, 1.807) is 19.4 Å². The van der Waals surface area contributed by atoms with Gasteiger partial charge in [-0.1, -0.05) is 12.1 Å². The van der Waals surface area contributed by atoms with E-state index in [4.69, 9.17) is 5.73 Å². The first-order valence-corrected chi connectivity index (χ1v) is 9.29. The second kappa shape index (κ2) is 7.80. The Labute approximate surface area is 167 Å². The van der Waals surface area contributed by atoms with E-state index in [2.05, 4.69) is 26.2 Å². The smallest absolute Gasteiger partial charge is 0.162 e. The molecular weight excluding hydrogens is 404 g/mol. The van der Waals surface area contributed by atoms with Crippen molar-refractivity contribution in [1.29, 1.82) is 0 Å². The van der Waals surface area contributed by atoms with Gasteiger partial charge in [-0.25, -0.2) is 4.98 Å². The summed E-state index contributed by atoms with van der Waals surface area (Å²) >= 11 is 3.62. The minimum Gasteiger partial charge on any atom is -0.402 e. The molecule has 0 spiro atoms. The normalized spacial score (nSPS) is 11.9. The molecule has 27 heavy (non-hydrogen) atoms. The van der Waals surface area contributed by atoms with E-state index in [0.717, 1.165) is 32.7 Å². The van der Waals surface area contributed by atoms with Crippen molar-refractivity contribution in [1.82, 2.24) is 9.55 Å². The number of ketones is 1. The summed E-state index contributed by atoms with van der Waals surface area (Å²) in [6.45, 7) is 5.30. The zero-order valence-electron chi connectivity index (χ0n) is 15.5. The topological polar surface area (TPSA) is 72.9 Å². The van der Waals surface area contributed by atoms with Crippen molar-refractivity contribution < 1.29 is 4.79 Å². The third-order valence-corrected chi connectivity index (χ3v) is 4.92. The zero-order valence-corrected chi connectivity index (χ0v) is 17.0. The highest BCUT2D eigenvalue weighted by Crippen LogP contribution is 2.30. The van der Waals surface area contributed by atoms with Gasteiger partial charge in [-0.05, 0) is 72.1 Å². The number of imidazole rings is 1. The second-order valence-corrected chi connectivity index (χ2v) is 7.26. The number of hydrogen-bond acceptors (Lipinski definition) is 4. The van der Waals surface area contributed by atoms with Gasteiger partial charge in [0.15, 0.2) is 5.78 Å². The number of carbonyl (C=O) groups excluding carboxylic acids is 1. The number of nitrogens with zero attached hydrogens (tertiary/aromatic N) is 2. The molecule has 0 aliphatic carbocycles. The van der Waals surface area contributed by atoms with Gasteiger partial charge in [-0.2, -0.15) is 0 Å². The molecule has 0 saturated heterocycles. The highest BCUT2D eigenvalue weighted by Gasteiger charge is 2.12. The Morgan fingerprint density at radius 3 is 2.56 bits per heavy atom. The summed E-state index contributed by atoms with van der Waals surface area (Å²) in [6, 6.07) is 11.9. The molecule has 0 bridgehead atoms. The maximum Gasteiger partial charge on any atom is 0.162 e. The second-order valence-electron chi connectivity index (χ2n) is 6.41. The van der Waals surface area contributed by atoms with E-state index in [1.807, 2.05) is 54.1 Å². The number of aromatic nitrogens is 2. The van der Waals surface area contributed by atoms with Crippen LogP contribution in [0.5, 0.6) is 0 Å². The summed E-state index contributed by atoms with van der Waals surface area (Å²) in [6.07, 6.45) is 5.39. The van der Waals surface area contributed by atoms with Crippen LogP contribution in [0.1, 0.15) is 25.0 Å². The predicted molar refractivity (Wildman–Crippen MR) is 113 cm³/mol. The van der Waals surface area contributed by atoms with Crippen LogP contribution >= 0.6 is 15.9 Å². The van der Waals surface area contributed by atoms with Crippen LogP contribution in [0.25, 0.3) is 11.3 Å². The molecule has 5 nitrogen and oxygen atoms in total. The van der Waals surface area contributed by atoms with Crippen molar-refractivity contribution in [3.8, 4) is 5.69 Å². The quantitative estimate of drug-likeness (QED) is 0.567. The predicted octanol–water partition coefficient (Wildman–Crippen LogP) is 4.97. The van der Waals surface area contributed by atoms with Crippen LogP contribution in [0.2, 0.25) is 0 Å². The number of nitrogens with two attached hydrogens (primary N) is 1. The van der Waals surface area contributed by atoms with Crippen LogP contribution in [0, 0.1) is 6.92 Å². The summed E-state index contributed by atoms with van der Waals surface area (Å²) in [5.41, 5.74) is 11.7. The number of hydrogen-bond donors (Lipinski definition) is 2. The molecule has 1 aromatic heterocycles. The third-order valence-electron chi connectivity index (χ3n) is 4.28. The summed E-state index contributed by atoms with van der Waals surface area (Å²) in [7, 11) is 0. The molecule has 0 amide bonds. The van der Waals surface area contributed by atoms with Crippen LogP contribution in [-0.4, -0.2) is 15.3 Å². The van der Waals surface area contributed by atoms with Crippen molar-refractivity contribution in [2.75, 3.05) is 5.32 Å². The molecule has 3 rings (SSSR count). The molecule has 138 valence electrons. The Morgan fingerprint density at radius 1 is 1.19 bits per heavy atom. The van der Waals surface area contributed by atoms with Gasteiger partial charge < -0.3 is 15.6 Å². The first-order chi connectivity index (χ1) is 12.9. The average Bonchev–Trinajstić information content (AvgIpc) is 3.11. The van der Waals surface area contributed by atoms with Gasteiger partial charge in [0.25, 0.3) is 0 Å². The van der Waals surface area contributed by atoms with E-state index in [1.165, 1.54) is 6.92 Å². The van der Waals surface area contributed by atoms with Gasteiger partial charge in [0, 0.05) is 39.5 Å². The summed E-state index contributed by atoms with van der Waals surface area (Å²) in [4.78, 5) is 16.0. The number of nitrogens with one attached hydrogen (secondary N) is 1. The fraction of sp³-hybridized carbons (Fsp3) is 0.143. The van der Waals surface area contributed by atoms with Crippen LogP contribution in [-0.2, 0) is 4.79 Å². The van der Waals surface area contributed by atoms with Crippen LogP contribution < -0.4 is 11.1 Å². The van der Waals surface area contributed by atoms with Crippen molar-refractivity contribution in [2.24, 2.45) is 5.73 Å². The molecular formula is C21H21BrN4O. The Hall–Kier alpha value is -2.86. The monoisotopic (exact) mass is 424 g/mol. The largest absolute Gasteiger partial charge is 0.402 e. The number of aryl methyl sites for hydroxylation is 1. The molecule has 0 unspecified atom stereocenters. The fourth-order valence-electron chi connectivity index (χ4n) is 2.97. The van der Waals surface area contributed by atoms with Gasteiger partial charge in [-0.15, -0.1) is 0 Å². The maximum absolute atomic E-state index is 12.0. The summed E-state index contributed by atoms with van der Waals surface area (Å²) in [5, 5.41) is 3.43. The Bertz CT molecular complexity index is 1020. The SMILES string of the molecule is CC(=O)C(=C(C)N)c1ccc(C)c(Nc2ccc(-n3ccnc3)c(Br)c2)c1. The standard InChI is InChI=1S/C21H21BrN4O/c1-13-4-5-16(21(14(2)23)15(3)27)10-19(13)25-17-6-7-20(18(22)11-17)26-9-8-24-12-26/h4-12,25H,23H2,1-3H3. The minimum absolute atomic E-state index is 0.0442. The minimum atomic E-state index is -0.0442. The molecule has 3 N–H and O–H groups in total. The highest BCUT2D eigenvalue weighted by molar-refractivity contribution is 9.10. The van der Waals surface area contributed by atoms with Gasteiger partial charge in [0.1, 0.15) is 0 Å². The molecule has 0 fully saturated rings. The Kier molecular flexibility index (Phi) is 5.46. The van der Waals surface area contributed by atoms with Gasteiger partial charge in [-0.3, -0.25) is 4.79 Å². The van der Waals surface area contributed by atoms with Gasteiger partial charge in [0.2, 0.25) is 0 Å². The molecule has 6 heteroatoms. The number of benzene rings is 2. The maximum atomic E-state index is 12.0. The zero-order chi connectivity index (χ0) is 19.6. The Morgan fingerprint density at radius 2 is 1.96 bits per heavy atom. The molecule has 3 aromatic rings. The summed E-state index contributed by atoms with van der Waals surface area (Å²) < 4.78 is 2.88. The fourth-order valence-corrected chi connectivity index (χ4v) is 3.56. The van der Waals surface area contributed by atoms with Crippen molar-refractivity contribution >= 4 is 38.7 Å². The lowest BCUT2D eigenvalue weighted by Gasteiger charge is -2.15. The third kappa shape index (κ3) is 4.11. The molecule has 0 atom stereocenters. The van der Waals surface area contributed by atoms with E-state index in [0.29, 0.717) is 11.3 Å². The van der Waals surface area contributed by atoms with E-state index >= 15 is 0 Å². The van der Waals surface area contributed by atoms with Crippen molar-refractivity contribution in [3.05, 3.63) is 76.4 Å². The molecule has 0 saturated carbocycles. The van der Waals surface area contributed by atoms with Gasteiger partial charge >= 0.3 is 0 Å². The number of carbonyl (C=O) groups is 1. The van der Waals surface area contributed by atoms with Gasteiger partial charge in [0.05, 0.1) is 12.0 Å². The number of Topliss-reactive ketones (excluding diaryl/α,β-unsaturated/α-hetero) is 1. The van der Waals surface area contributed by atoms with E-state index < -0.39 is 0 Å². The summed E-state index contributed by atoms with van der Waals surface area (Å²) in [5.74, 6) is -0.0442. The van der Waals surface area contributed by atoms with Crippen LogP contribution in [0.4, 0.5) is 11.4 Å². The van der Waals surface area contributed by atoms with E-state index in [9.17, 15) is 4.79 Å². The highest BCUT2D eigenvalue weighted by atomic mass is 79.9. The first kappa shape index (κ1) is 18.9. The van der Waals surface area contributed by atoms with Crippen molar-refractivity contribution in [2.45, 2.75) is 20.8 Å². The van der Waals surface area contributed by atoms with Crippen LogP contribution in [0.3, 0.4) is 0 Å². The number of rotatable bonds is 5.